The second-order valence-corrected chi connectivity index (χ2v) is 8.43. The lowest BCUT2D eigenvalue weighted by molar-refractivity contribution is -0.119. The van der Waals surface area contributed by atoms with Crippen molar-refractivity contribution in [3.8, 4) is 11.5 Å². The van der Waals surface area contributed by atoms with Crippen LogP contribution in [0.3, 0.4) is 0 Å². The molecule has 0 saturated carbocycles. The first-order chi connectivity index (χ1) is 16.0. The number of methoxy groups -OCH3 is 1. The summed E-state index contributed by atoms with van der Waals surface area (Å²) < 4.78 is 12.2. The number of Topliss-reactive ketones (excluding diaryl/α,β-unsaturated/α-hetero) is 1. The minimum atomic E-state index is -0.268. The molecule has 0 aliphatic heterocycles. The van der Waals surface area contributed by atoms with Gasteiger partial charge in [0.05, 0.1) is 23.0 Å². The van der Waals surface area contributed by atoms with E-state index in [-0.39, 0.29) is 18.3 Å². The number of nitrogens with zero attached hydrogens (tertiary/aromatic N) is 2. The van der Waals surface area contributed by atoms with Gasteiger partial charge in [-0.2, -0.15) is 0 Å². The Hall–Kier alpha value is -3.71. The van der Waals surface area contributed by atoms with Crippen molar-refractivity contribution in [1.82, 2.24) is 4.98 Å². The fraction of sp³-hybridized carbons (Fsp3) is 0.192. The van der Waals surface area contributed by atoms with Crippen LogP contribution in [-0.2, 0) is 11.2 Å². The minimum absolute atomic E-state index is 0.0755. The fourth-order valence-electron chi connectivity index (χ4n) is 3.41. The summed E-state index contributed by atoms with van der Waals surface area (Å²) in [6.07, 6.45) is 0.911. The van der Waals surface area contributed by atoms with Crippen LogP contribution in [0.1, 0.15) is 29.8 Å². The van der Waals surface area contributed by atoms with Crippen molar-refractivity contribution in [2.24, 2.45) is 0 Å². The van der Waals surface area contributed by atoms with Crippen LogP contribution < -0.4 is 14.4 Å². The smallest absolute Gasteiger partial charge is 0.271 e. The van der Waals surface area contributed by atoms with E-state index < -0.39 is 0 Å². The van der Waals surface area contributed by atoms with Crippen LogP contribution in [0.25, 0.3) is 10.2 Å². The molecule has 3 aromatic carbocycles. The second kappa shape index (κ2) is 9.83. The first-order valence-corrected chi connectivity index (χ1v) is 11.4. The SMILES string of the molecule is CCc1ccc(N(C(=O)COc2ccc(C(C)=O)cc2OC)c2nc3ccccc3s2)cc1. The third-order valence-electron chi connectivity index (χ3n) is 5.25. The summed E-state index contributed by atoms with van der Waals surface area (Å²) in [5.41, 5.74) is 3.25. The van der Waals surface area contributed by atoms with Crippen molar-refractivity contribution in [1.29, 1.82) is 0 Å². The fourth-order valence-corrected chi connectivity index (χ4v) is 4.41. The summed E-state index contributed by atoms with van der Waals surface area (Å²) in [6, 6.07) is 20.5. The first kappa shape index (κ1) is 22.5. The number of ketones is 1. The molecular formula is C26H24N2O4S. The van der Waals surface area contributed by atoms with E-state index in [0.29, 0.717) is 22.2 Å². The molecule has 7 heteroatoms. The predicted octanol–water partition coefficient (Wildman–Crippen LogP) is 5.81. The normalized spacial score (nSPS) is 10.8. The molecule has 1 aromatic heterocycles. The van der Waals surface area contributed by atoms with E-state index >= 15 is 0 Å². The topological polar surface area (TPSA) is 68.7 Å². The Kier molecular flexibility index (Phi) is 6.70. The molecule has 0 N–H and O–H groups in total. The van der Waals surface area contributed by atoms with Crippen molar-refractivity contribution in [2.75, 3.05) is 18.6 Å². The van der Waals surface area contributed by atoms with E-state index in [9.17, 15) is 9.59 Å². The highest BCUT2D eigenvalue weighted by Crippen LogP contribution is 2.34. The molecule has 0 unspecified atom stereocenters. The number of anilines is 2. The lowest BCUT2D eigenvalue weighted by atomic mass is 10.1. The second-order valence-electron chi connectivity index (χ2n) is 7.42. The number of amides is 1. The van der Waals surface area contributed by atoms with Crippen LogP contribution in [0.5, 0.6) is 11.5 Å². The third-order valence-corrected chi connectivity index (χ3v) is 6.27. The van der Waals surface area contributed by atoms with Gasteiger partial charge in [0.15, 0.2) is 29.0 Å². The summed E-state index contributed by atoms with van der Waals surface area (Å²) >= 11 is 1.45. The maximum atomic E-state index is 13.4. The quantitative estimate of drug-likeness (QED) is 0.310. The first-order valence-electron chi connectivity index (χ1n) is 10.6. The van der Waals surface area contributed by atoms with Crippen LogP contribution in [-0.4, -0.2) is 30.4 Å². The number of thiazole rings is 1. The number of rotatable bonds is 8. The summed E-state index contributed by atoms with van der Waals surface area (Å²) in [5, 5.41) is 0.577. The largest absolute Gasteiger partial charge is 0.493 e. The Bertz CT molecular complexity index is 1260. The summed E-state index contributed by atoms with van der Waals surface area (Å²) in [6.45, 7) is 3.35. The third kappa shape index (κ3) is 4.88. The van der Waals surface area contributed by atoms with E-state index in [1.807, 2.05) is 48.5 Å². The molecule has 4 rings (SSSR count). The molecule has 0 fully saturated rings. The van der Waals surface area contributed by atoms with Gasteiger partial charge in [-0.05, 0) is 61.4 Å². The highest BCUT2D eigenvalue weighted by atomic mass is 32.1. The molecule has 4 aromatic rings. The maximum Gasteiger partial charge on any atom is 0.271 e. The highest BCUT2D eigenvalue weighted by Gasteiger charge is 2.23. The van der Waals surface area contributed by atoms with E-state index in [0.717, 1.165) is 22.3 Å². The Morgan fingerprint density at radius 3 is 2.42 bits per heavy atom. The lowest BCUT2D eigenvalue weighted by Crippen LogP contribution is -2.31. The van der Waals surface area contributed by atoms with Crippen LogP contribution in [0, 0.1) is 0 Å². The average Bonchev–Trinajstić information content (AvgIpc) is 3.26. The van der Waals surface area contributed by atoms with Gasteiger partial charge in [-0.1, -0.05) is 42.5 Å². The predicted molar refractivity (Wildman–Crippen MR) is 131 cm³/mol. The Balaban J connectivity index is 1.64. The zero-order valence-corrected chi connectivity index (χ0v) is 19.5. The van der Waals surface area contributed by atoms with Gasteiger partial charge in [-0.3, -0.25) is 14.5 Å². The van der Waals surface area contributed by atoms with Crippen LogP contribution in [0.15, 0.2) is 66.7 Å². The number of fused-ring (bicyclic) bond motifs is 1. The monoisotopic (exact) mass is 460 g/mol. The zero-order valence-electron chi connectivity index (χ0n) is 18.7. The molecule has 0 spiro atoms. The average molecular weight is 461 g/mol. The van der Waals surface area contributed by atoms with Gasteiger partial charge >= 0.3 is 0 Å². The van der Waals surface area contributed by atoms with Crippen molar-refractivity contribution >= 4 is 44.1 Å². The number of ether oxygens (including phenoxy) is 2. The molecular weight excluding hydrogens is 436 g/mol. The molecule has 168 valence electrons. The number of aryl methyl sites for hydroxylation is 1. The van der Waals surface area contributed by atoms with Crippen LogP contribution in [0.4, 0.5) is 10.8 Å². The maximum absolute atomic E-state index is 13.4. The Labute approximate surface area is 196 Å². The van der Waals surface area contributed by atoms with Gasteiger partial charge in [0.2, 0.25) is 0 Å². The molecule has 0 bridgehead atoms. The molecule has 0 aliphatic rings. The molecule has 1 heterocycles. The summed E-state index contributed by atoms with van der Waals surface area (Å²) in [5.74, 6) is 0.445. The van der Waals surface area contributed by atoms with E-state index in [2.05, 4.69) is 11.9 Å². The number of benzene rings is 3. The molecule has 0 aliphatic carbocycles. The van der Waals surface area contributed by atoms with Crippen molar-refractivity contribution in [2.45, 2.75) is 20.3 Å². The Morgan fingerprint density at radius 1 is 1.00 bits per heavy atom. The number of para-hydroxylation sites is 1. The number of carbonyl (C=O) groups excluding carboxylic acids is 2. The van der Waals surface area contributed by atoms with Gasteiger partial charge in [-0.25, -0.2) is 4.98 Å². The number of hydrogen-bond donors (Lipinski definition) is 0. The van der Waals surface area contributed by atoms with E-state index in [1.54, 1.807) is 23.1 Å². The van der Waals surface area contributed by atoms with Crippen molar-refractivity contribution < 1.29 is 19.1 Å². The molecule has 1 amide bonds. The highest BCUT2D eigenvalue weighted by molar-refractivity contribution is 7.22. The number of aromatic nitrogens is 1. The Morgan fingerprint density at radius 2 is 1.76 bits per heavy atom. The summed E-state index contributed by atoms with van der Waals surface area (Å²) in [7, 11) is 1.50. The standard InChI is InChI=1S/C26H24N2O4S/c1-4-18-9-12-20(13-10-18)28(26-27-21-7-5-6-8-24(21)33-26)25(30)16-32-22-14-11-19(17(2)29)15-23(22)31-3/h5-15H,4,16H2,1-3H3. The summed E-state index contributed by atoms with van der Waals surface area (Å²) in [4.78, 5) is 31.3. The van der Waals surface area contributed by atoms with Gasteiger partial charge < -0.3 is 9.47 Å². The molecule has 0 atom stereocenters. The van der Waals surface area contributed by atoms with E-state index in [4.69, 9.17) is 9.47 Å². The van der Waals surface area contributed by atoms with Crippen LogP contribution in [0.2, 0.25) is 0 Å². The van der Waals surface area contributed by atoms with Gasteiger partial charge in [0.25, 0.3) is 5.91 Å². The molecule has 0 saturated heterocycles. The molecule has 6 nitrogen and oxygen atoms in total. The number of hydrogen-bond acceptors (Lipinski definition) is 6. The van der Waals surface area contributed by atoms with Crippen molar-refractivity contribution in [3.05, 3.63) is 77.9 Å². The van der Waals surface area contributed by atoms with Gasteiger partial charge in [-0.15, -0.1) is 0 Å². The number of carbonyl (C=O) groups is 2. The molecule has 0 radical (unpaired) electrons. The van der Waals surface area contributed by atoms with Crippen molar-refractivity contribution in [3.63, 3.8) is 0 Å². The van der Waals surface area contributed by atoms with Crippen LogP contribution >= 0.6 is 11.3 Å². The lowest BCUT2D eigenvalue weighted by Gasteiger charge is -2.21. The van der Waals surface area contributed by atoms with E-state index in [1.165, 1.54) is 30.9 Å². The zero-order chi connectivity index (χ0) is 23.4. The van der Waals surface area contributed by atoms with Gasteiger partial charge in [0, 0.05) is 5.56 Å². The van der Waals surface area contributed by atoms with Gasteiger partial charge in [0.1, 0.15) is 0 Å². The molecule has 33 heavy (non-hydrogen) atoms. The minimum Gasteiger partial charge on any atom is -0.493 e.